The van der Waals surface area contributed by atoms with Crippen molar-refractivity contribution in [2.24, 2.45) is 0 Å². The number of amides is 2. The molecule has 45 heavy (non-hydrogen) atoms. The Labute approximate surface area is 279 Å². The highest BCUT2D eigenvalue weighted by molar-refractivity contribution is 7.92. The molecule has 0 aliphatic heterocycles. The molecule has 4 aromatic carbocycles. The Balaban J connectivity index is 1.81. The molecule has 0 aliphatic rings. The molecule has 236 valence electrons. The molecule has 0 spiro atoms. The molecule has 0 radical (unpaired) electrons. The predicted molar refractivity (Wildman–Crippen MR) is 181 cm³/mol. The Morgan fingerprint density at radius 1 is 0.800 bits per heavy atom. The smallest absolute Gasteiger partial charge is 0.264 e. The van der Waals surface area contributed by atoms with Crippen molar-refractivity contribution < 1.29 is 18.0 Å². The fourth-order valence-corrected chi connectivity index (χ4v) is 6.90. The van der Waals surface area contributed by atoms with Gasteiger partial charge in [0.1, 0.15) is 12.6 Å². The Bertz CT molecular complexity index is 1710. The maximum Gasteiger partial charge on any atom is 0.264 e. The molecule has 1 N–H and O–H groups in total. The summed E-state index contributed by atoms with van der Waals surface area (Å²) in [5.74, 6) is -0.960. The lowest BCUT2D eigenvalue weighted by Crippen LogP contribution is -2.53. The maximum atomic E-state index is 14.5. The van der Waals surface area contributed by atoms with Crippen LogP contribution in [0, 0.1) is 0 Å². The van der Waals surface area contributed by atoms with E-state index in [2.05, 4.69) is 5.32 Å². The van der Waals surface area contributed by atoms with E-state index in [9.17, 15) is 18.0 Å². The number of anilines is 1. The molecule has 4 rings (SSSR count). The van der Waals surface area contributed by atoms with Gasteiger partial charge in [-0.1, -0.05) is 109 Å². The number of hydrogen-bond donors (Lipinski definition) is 1. The van der Waals surface area contributed by atoms with Crippen LogP contribution in [0.25, 0.3) is 0 Å². The number of benzene rings is 4. The minimum absolute atomic E-state index is 0.000589. The molecule has 1 unspecified atom stereocenters. The first-order valence-electron chi connectivity index (χ1n) is 14.5. The summed E-state index contributed by atoms with van der Waals surface area (Å²) in [7, 11) is -4.30. The Hall–Kier alpha value is -3.56. The van der Waals surface area contributed by atoms with Crippen molar-refractivity contribution in [1.82, 2.24) is 10.2 Å². The Morgan fingerprint density at radius 2 is 1.44 bits per heavy atom. The van der Waals surface area contributed by atoms with Gasteiger partial charge in [-0.15, -0.1) is 0 Å². The molecule has 2 amide bonds. The van der Waals surface area contributed by atoms with Crippen molar-refractivity contribution in [2.45, 2.75) is 43.7 Å². The van der Waals surface area contributed by atoms with E-state index < -0.39 is 28.5 Å². The van der Waals surface area contributed by atoms with E-state index in [1.165, 1.54) is 35.2 Å². The van der Waals surface area contributed by atoms with E-state index in [-0.39, 0.29) is 39.5 Å². The number of carbonyl (C=O) groups excluding carboxylic acids is 2. The third-order valence-electron chi connectivity index (χ3n) is 7.13. The maximum absolute atomic E-state index is 14.5. The zero-order valence-electron chi connectivity index (χ0n) is 24.7. The predicted octanol–water partition coefficient (Wildman–Crippen LogP) is 7.40. The van der Waals surface area contributed by atoms with E-state index in [0.29, 0.717) is 17.1 Å². The number of hydrogen-bond acceptors (Lipinski definition) is 4. The number of rotatable bonds is 14. The fraction of sp³-hybridized carbons (Fsp3) is 0.235. The topological polar surface area (TPSA) is 86.8 Å². The molecule has 0 bridgehead atoms. The zero-order valence-corrected chi connectivity index (χ0v) is 27.8. The van der Waals surface area contributed by atoms with Gasteiger partial charge in [0.25, 0.3) is 10.0 Å². The molecular formula is C34H34Cl3N3O4S. The van der Waals surface area contributed by atoms with Gasteiger partial charge in [-0.25, -0.2) is 8.42 Å². The third kappa shape index (κ3) is 9.23. The lowest BCUT2D eigenvalue weighted by atomic mass is 10.0. The summed E-state index contributed by atoms with van der Waals surface area (Å²) in [5.41, 5.74) is 1.55. The number of sulfonamides is 1. The van der Waals surface area contributed by atoms with E-state index in [4.69, 9.17) is 34.8 Å². The Morgan fingerprint density at radius 3 is 2.11 bits per heavy atom. The summed E-state index contributed by atoms with van der Waals surface area (Å²) < 4.78 is 29.1. The normalized spacial score (nSPS) is 11.9. The molecule has 11 heteroatoms. The summed E-state index contributed by atoms with van der Waals surface area (Å²) in [6, 6.07) is 27.5. The molecular weight excluding hydrogens is 653 g/mol. The van der Waals surface area contributed by atoms with Crippen LogP contribution in [0.5, 0.6) is 0 Å². The van der Waals surface area contributed by atoms with Gasteiger partial charge in [-0.05, 0) is 60.0 Å². The second kappa shape index (κ2) is 16.1. The lowest BCUT2D eigenvalue weighted by Gasteiger charge is -2.34. The highest BCUT2D eigenvalue weighted by Gasteiger charge is 2.35. The zero-order chi connectivity index (χ0) is 32.4. The monoisotopic (exact) mass is 685 g/mol. The molecule has 0 aliphatic carbocycles. The first kappa shape index (κ1) is 34.3. The van der Waals surface area contributed by atoms with Crippen LogP contribution in [0.1, 0.15) is 30.9 Å². The number of nitrogens with zero attached hydrogens (tertiary/aromatic N) is 2. The molecule has 0 aromatic heterocycles. The number of unbranched alkanes of at least 4 members (excludes halogenated alkanes) is 1. The van der Waals surface area contributed by atoms with E-state index in [0.717, 1.165) is 22.7 Å². The minimum Gasteiger partial charge on any atom is -0.354 e. The van der Waals surface area contributed by atoms with Gasteiger partial charge in [-0.2, -0.15) is 0 Å². The minimum atomic E-state index is -4.30. The third-order valence-corrected chi connectivity index (χ3v) is 9.69. The van der Waals surface area contributed by atoms with Crippen molar-refractivity contribution >= 4 is 62.3 Å². The molecule has 7 nitrogen and oxygen atoms in total. The number of nitrogens with one attached hydrogen (secondary N) is 1. The summed E-state index contributed by atoms with van der Waals surface area (Å²) in [6.45, 7) is 1.81. The lowest BCUT2D eigenvalue weighted by molar-refractivity contribution is -0.140. The van der Waals surface area contributed by atoms with Crippen LogP contribution in [-0.2, 0) is 32.6 Å². The van der Waals surface area contributed by atoms with Crippen molar-refractivity contribution in [3.8, 4) is 0 Å². The van der Waals surface area contributed by atoms with Gasteiger partial charge in [0.05, 0.1) is 15.6 Å². The first-order valence-corrected chi connectivity index (χ1v) is 17.1. The Kier molecular flexibility index (Phi) is 12.3. The average molecular weight is 687 g/mol. The van der Waals surface area contributed by atoms with Gasteiger partial charge < -0.3 is 10.2 Å². The van der Waals surface area contributed by atoms with E-state index >= 15 is 0 Å². The number of carbonyl (C=O) groups is 2. The van der Waals surface area contributed by atoms with Crippen LogP contribution in [-0.4, -0.2) is 44.3 Å². The summed E-state index contributed by atoms with van der Waals surface area (Å²) in [4.78, 5) is 29.7. The fourth-order valence-electron chi connectivity index (χ4n) is 4.80. The molecule has 0 heterocycles. The van der Waals surface area contributed by atoms with Crippen LogP contribution in [0.4, 0.5) is 5.69 Å². The van der Waals surface area contributed by atoms with Gasteiger partial charge in [-0.3, -0.25) is 13.9 Å². The van der Waals surface area contributed by atoms with Crippen molar-refractivity contribution in [1.29, 1.82) is 0 Å². The summed E-state index contributed by atoms with van der Waals surface area (Å²) in [6.07, 6.45) is 1.85. The van der Waals surface area contributed by atoms with Crippen LogP contribution in [0.3, 0.4) is 0 Å². The van der Waals surface area contributed by atoms with Crippen LogP contribution in [0.2, 0.25) is 15.1 Å². The van der Waals surface area contributed by atoms with Gasteiger partial charge >= 0.3 is 0 Å². The van der Waals surface area contributed by atoms with Crippen molar-refractivity contribution in [2.75, 3.05) is 17.4 Å². The van der Waals surface area contributed by atoms with Crippen LogP contribution < -0.4 is 9.62 Å². The largest absolute Gasteiger partial charge is 0.354 e. The highest BCUT2D eigenvalue weighted by atomic mass is 35.5. The van der Waals surface area contributed by atoms with Gasteiger partial charge in [0.15, 0.2) is 0 Å². The second-order valence-electron chi connectivity index (χ2n) is 10.4. The van der Waals surface area contributed by atoms with Crippen LogP contribution >= 0.6 is 34.8 Å². The van der Waals surface area contributed by atoms with E-state index in [1.807, 2.05) is 37.3 Å². The summed E-state index contributed by atoms with van der Waals surface area (Å²) >= 11 is 19.1. The first-order chi connectivity index (χ1) is 21.6. The number of halogens is 3. The summed E-state index contributed by atoms with van der Waals surface area (Å²) in [5, 5.41) is 3.76. The van der Waals surface area contributed by atoms with Gasteiger partial charge in [0, 0.05) is 29.6 Å². The SMILES string of the molecule is CCCCNC(=O)C(Cc1ccccc1)N(Cc1cccc(Cl)c1)C(=O)CN(c1cc(Cl)ccc1Cl)S(=O)(=O)c1ccccc1. The molecule has 0 saturated carbocycles. The van der Waals surface area contributed by atoms with Crippen molar-refractivity contribution in [3.63, 3.8) is 0 Å². The quantitative estimate of drug-likeness (QED) is 0.140. The van der Waals surface area contributed by atoms with Crippen LogP contribution in [0.15, 0.2) is 108 Å². The van der Waals surface area contributed by atoms with Crippen molar-refractivity contribution in [3.05, 3.63) is 129 Å². The van der Waals surface area contributed by atoms with E-state index in [1.54, 1.807) is 42.5 Å². The molecule has 4 aromatic rings. The molecule has 1 atom stereocenters. The highest BCUT2D eigenvalue weighted by Crippen LogP contribution is 2.33. The average Bonchev–Trinajstić information content (AvgIpc) is 3.03. The van der Waals surface area contributed by atoms with Gasteiger partial charge in [0.2, 0.25) is 11.8 Å². The molecule has 0 fully saturated rings. The second-order valence-corrected chi connectivity index (χ2v) is 13.6. The molecule has 0 saturated heterocycles. The standard InChI is InChI=1S/C34H34Cl3N3O4S/c1-2-3-19-38-34(42)32(21-25-11-6-4-7-12-25)39(23-26-13-10-14-27(35)20-26)33(41)24-40(31-22-28(36)17-18-30(31)37)45(43,44)29-15-8-5-9-16-29/h4-18,20,22,32H,2-3,19,21,23-24H2,1H3,(H,38,42).